The first-order valence-corrected chi connectivity index (χ1v) is 7.29. The molecule has 0 amide bonds. The normalized spacial score (nSPS) is 65.2. The van der Waals surface area contributed by atoms with Crippen molar-refractivity contribution in [1.82, 2.24) is 0 Å². The van der Waals surface area contributed by atoms with E-state index in [1.54, 1.807) is 25.7 Å². The largest absolute Gasteiger partial charge is 0.0651 e. The van der Waals surface area contributed by atoms with Crippen LogP contribution >= 0.6 is 0 Å². The monoisotopic (exact) mass is 204 g/mol. The summed E-state index contributed by atoms with van der Waals surface area (Å²) in [5, 5.41) is 0. The van der Waals surface area contributed by atoms with Crippen LogP contribution in [-0.2, 0) is 0 Å². The Morgan fingerprint density at radius 2 is 1.60 bits per heavy atom. The summed E-state index contributed by atoms with van der Waals surface area (Å²) >= 11 is 0. The van der Waals surface area contributed by atoms with E-state index in [0.29, 0.717) is 0 Å². The van der Waals surface area contributed by atoms with E-state index in [0.717, 1.165) is 17.8 Å². The van der Waals surface area contributed by atoms with Gasteiger partial charge in [0.2, 0.25) is 0 Å². The molecular formula is C15H24. The van der Waals surface area contributed by atoms with Crippen LogP contribution in [0.1, 0.15) is 46.0 Å². The second kappa shape index (κ2) is 2.81. The van der Waals surface area contributed by atoms with E-state index in [-0.39, 0.29) is 0 Å². The van der Waals surface area contributed by atoms with E-state index in [1.807, 2.05) is 0 Å². The number of hydrogen-bond acceptors (Lipinski definition) is 0. The Labute approximate surface area is 93.8 Å². The molecule has 4 aliphatic carbocycles. The summed E-state index contributed by atoms with van der Waals surface area (Å²) in [5.74, 6) is 9.28. The maximum atomic E-state index is 2.54. The van der Waals surface area contributed by atoms with Crippen LogP contribution < -0.4 is 0 Å². The predicted molar refractivity (Wildman–Crippen MR) is 62.4 cm³/mol. The van der Waals surface area contributed by atoms with Crippen LogP contribution in [0, 0.1) is 47.3 Å². The standard InChI is InChI=1S/C15H24/c1-3-9-5-11-7-13(9)15-12-6-10(14(11)15)4-8(12)2/h8-15H,3-7H2,1-2H3. The van der Waals surface area contributed by atoms with Crippen molar-refractivity contribution in [3.63, 3.8) is 0 Å². The highest BCUT2D eigenvalue weighted by molar-refractivity contribution is 5.11. The highest BCUT2D eigenvalue weighted by atomic mass is 14.7. The van der Waals surface area contributed by atoms with Crippen molar-refractivity contribution in [1.29, 1.82) is 0 Å². The van der Waals surface area contributed by atoms with Gasteiger partial charge in [0.25, 0.3) is 0 Å². The summed E-state index contributed by atoms with van der Waals surface area (Å²) in [4.78, 5) is 0. The molecule has 0 N–H and O–H groups in total. The van der Waals surface area contributed by atoms with Crippen molar-refractivity contribution in [3.8, 4) is 0 Å². The highest BCUT2D eigenvalue weighted by Crippen LogP contribution is 2.70. The van der Waals surface area contributed by atoms with Crippen molar-refractivity contribution in [2.24, 2.45) is 47.3 Å². The quantitative estimate of drug-likeness (QED) is 0.567. The lowest BCUT2D eigenvalue weighted by Gasteiger charge is -2.40. The second-order valence-electron chi connectivity index (χ2n) is 7.09. The zero-order valence-electron chi connectivity index (χ0n) is 10.2. The molecule has 8 atom stereocenters. The van der Waals surface area contributed by atoms with Gasteiger partial charge in [-0.05, 0) is 73.0 Å². The topological polar surface area (TPSA) is 0 Å². The van der Waals surface area contributed by atoms with Crippen molar-refractivity contribution in [2.45, 2.75) is 46.0 Å². The lowest BCUT2D eigenvalue weighted by molar-refractivity contribution is 0.0770. The highest BCUT2D eigenvalue weighted by Gasteiger charge is 2.63. The SMILES string of the molecule is CCC1CC2CC1C1C3CC(CC3C)C21. The Morgan fingerprint density at radius 3 is 2.40 bits per heavy atom. The van der Waals surface area contributed by atoms with Crippen molar-refractivity contribution < 1.29 is 0 Å². The molecule has 84 valence electrons. The van der Waals surface area contributed by atoms with Crippen molar-refractivity contribution in [2.75, 3.05) is 0 Å². The molecule has 4 saturated carbocycles. The molecule has 4 fully saturated rings. The minimum absolute atomic E-state index is 1.08. The fraction of sp³-hybridized carbons (Fsp3) is 1.00. The Morgan fingerprint density at radius 1 is 0.867 bits per heavy atom. The predicted octanol–water partition coefficient (Wildman–Crippen LogP) is 3.96. The Bertz CT molecular complexity index is 282. The number of rotatable bonds is 1. The van der Waals surface area contributed by atoms with Gasteiger partial charge in [0.1, 0.15) is 0 Å². The molecule has 0 aromatic heterocycles. The zero-order valence-corrected chi connectivity index (χ0v) is 10.2. The smallest absolute Gasteiger partial charge is 0.0318 e. The summed E-state index contributed by atoms with van der Waals surface area (Å²) in [7, 11) is 0. The molecule has 0 spiro atoms. The van der Waals surface area contributed by atoms with Gasteiger partial charge in [-0.15, -0.1) is 0 Å². The summed E-state index contributed by atoms with van der Waals surface area (Å²) in [6.45, 7) is 4.96. The van der Waals surface area contributed by atoms with Gasteiger partial charge >= 0.3 is 0 Å². The van der Waals surface area contributed by atoms with E-state index in [1.165, 1.54) is 36.0 Å². The molecule has 8 unspecified atom stereocenters. The van der Waals surface area contributed by atoms with Gasteiger partial charge in [-0.25, -0.2) is 0 Å². The minimum atomic E-state index is 1.08. The van der Waals surface area contributed by atoms with Crippen LogP contribution in [0.15, 0.2) is 0 Å². The molecular weight excluding hydrogens is 180 g/mol. The van der Waals surface area contributed by atoms with E-state index in [9.17, 15) is 0 Å². The van der Waals surface area contributed by atoms with Gasteiger partial charge in [-0.2, -0.15) is 0 Å². The lowest BCUT2D eigenvalue weighted by atomic mass is 9.64. The molecule has 0 aromatic rings. The molecule has 0 aromatic carbocycles. The first-order chi connectivity index (χ1) is 7.29. The summed E-state index contributed by atoms with van der Waals surface area (Å²) in [6, 6.07) is 0. The van der Waals surface area contributed by atoms with E-state index in [2.05, 4.69) is 13.8 Å². The van der Waals surface area contributed by atoms with Crippen molar-refractivity contribution in [3.05, 3.63) is 0 Å². The average Bonchev–Trinajstić information content (AvgIpc) is 2.91. The fourth-order valence-electron chi connectivity index (χ4n) is 6.54. The van der Waals surface area contributed by atoms with Crippen LogP contribution in [0.25, 0.3) is 0 Å². The summed E-state index contributed by atoms with van der Waals surface area (Å²) in [5.41, 5.74) is 0. The van der Waals surface area contributed by atoms with Gasteiger partial charge in [-0.1, -0.05) is 20.3 Å². The van der Waals surface area contributed by atoms with Gasteiger partial charge in [0.05, 0.1) is 0 Å². The van der Waals surface area contributed by atoms with E-state index in [4.69, 9.17) is 0 Å². The van der Waals surface area contributed by atoms with Gasteiger partial charge in [-0.3, -0.25) is 0 Å². The summed E-state index contributed by atoms with van der Waals surface area (Å²) in [6.07, 6.45) is 7.93. The maximum Gasteiger partial charge on any atom is -0.0318 e. The Balaban J connectivity index is 1.67. The Hall–Kier alpha value is 0. The average molecular weight is 204 g/mol. The zero-order chi connectivity index (χ0) is 10.2. The first kappa shape index (κ1) is 9.07. The van der Waals surface area contributed by atoms with Crippen LogP contribution in [0.5, 0.6) is 0 Å². The molecule has 15 heavy (non-hydrogen) atoms. The number of fused-ring (bicyclic) bond motifs is 9. The molecule has 0 heteroatoms. The van der Waals surface area contributed by atoms with Crippen LogP contribution in [0.2, 0.25) is 0 Å². The fourth-order valence-corrected chi connectivity index (χ4v) is 6.54. The molecule has 0 saturated heterocycles. The molecule has 0 radical (unpaired) electrons. The molecule has 4 bridgehead atoms. The maximum absolute atomic E-state index is 2.54. The van der Waals surface area contributed by atoms with Gasteiger partial charge in [0, 0.05) is 0 Å². The lowest BCUT2D eigenvalue weighted by Crippen LogP contribution is -2.35. The second-order valence-corrected chi connectivity index (χ2v) is 7.09. The van der Waals surface area contributed by atoms with Crippen LogP contribution in [-0.4, -0.2) is 0 Å². The van der Waals surface area contributed by atoms with Gasteiger partial charge in [0.15, 0.2) is 0 Å². The third-order valence-corrected chi connectivity index (χ3v) is 6.81. The van der Waals surface area contributed by atoms with Gasteiger partial charge < -0.3 is 0 Å². The molecule has 0 nitrogen and oxygen atoms in total. The minimum Gasteiger partial charge on any atom is -0.0651 e. The molecule has 0 aliphatic heterocycles. The van der Waals surface area contributed by atoms with E-state index < -0.39 is 0 Å². The van der Waals surface area contributed by atoms with E-state index >= 15 is 0 Å². The molecule has 4 aliphatic rings. The third kappa shape index (κ3) is 0.953. The number of hydrogen-bond donors (Lipinski definition) is 0. The molecule has 4 rings (SSSR count). The molecule has 0 heterocycles. The summed E-state index contributed by atoms with van der Waals surface area (Å²) < 4.78 is 0. The third-order valence-electron chi connectivity index (χ3n) is 6.81. The first-order valence-electron chi connectivity index (χ1n) is 7.29. The van der Waals surface area contributed by atoms with Crippen LogP contribution in [0.4, 0.5) is 0 Å². The Kier molecular flexibility index (Phi) is 1.70. The van der Waals surface area contributed by atoms with Crippen molar-refractivity contribution >= 4 is 0 Å². The van der Waals surface area contributed by atoms with Crippen LogP contribution in [0.3, 0.4) is 0 Å².